The second kappa shape index (κ2) is 2.75. The van der Waals surface area contributed by atoms with Gasteiger partial charge in [0.15, 0.2) is 0 Å². The minimum atomic E-state index is 0.475. The van der Waals surface area contributed by atoms with Gasteiger partial charge in [0.2, 0.25) is 0 Å². The first kappa shape index (κ1) is 6.41. The van der Waals surface area contributed by atoms with Crippen molar-refractivity contribution in [3.8, 4) is 0 Å². The molecule has 10 heavy (non-hydrogen) atoms. The number of rotatable bonds is 1. The molecule has 1 unspecified atom stereocenters. The van der Waals surface area contributed by atoms with Gasteiger partial charge in [-0.2, -0.15) is 0 Å². The summed E-state index contributed by atoms with van der Waals surface area (Å²) in [6, 6.07) is 0. The molecule has 1 aliphatic heterocycles. The number of hydrogen-bond acceptors (Lipinski definition) is 1. The summed E-state index contributed by atoms with van der Waals surface area (Å²) < 4.78 is 5.60. The lowest BCUT2D eigenvalue weighted by Gasteiger charge is -2.33. The van der Waals surface area contributed by atoms with Crippen LogP contribution in [-0.4, -0.2) is 12.7 Å². The van der Waals surface area contributed by atoms with Gasteiger partial charge >= 0.3 is 0 Å². The Kier molecular flexibility index (Phi) is 1.76. The first-order valence-electron chi connectivity index (χ1n) is 4.25. The topological polar surface area (TPSA) is 9.23 Å². The average Bonchev–Trinajstić information content (AvgIpc) is 1.86. The lowest BCUT2D eigenvalue weighted by molar-refractivity contribution is 0.0127. The van der Waals surface area contributed by atoms with Crippen LogP contribution in [-0.2, 0) is 4.74 Å². The summed E-state index contributed by atoms with van der Waals surface area (Å²) in [5.74, 6) is 0.858. The molecule has 0 aromatic rings. The van der Waals surface area contributed by atoms with E-state index >= 15 is 0 Å². The first-order chi connectivity index (χ1) is 4.97. The van der Waals surface area contributed by atoms with Crippen molar-refractivity contribution >= 4 is 0 Å². The number of ether oxygens (including phenoxy) is 1. The van der Waals surface area contributed by atoms with Crippen molar-refractivity contribution in [3.63, 3.8) is 0 Å². The molecule has 1 saturated carbocycles. The average molecular weight is 138 g/mol. The highest BCUT2D eigenvalue weighted by atomic mass is 16.5. The van der Waals surface area contributed by atoms with Crippen molar-refractivity contribution < 1.29 is 4.74 Å². The van der Waals surface area contributed by atoms with Gasteiger partial charge < -0.3 is 4.74 Å². The third-order valence-electron chi connectivity index (χ3n) is 2.54. The Morgan fingerprint density at radius 3 is 2.70 bits per heavy atom. The fraction of sp³-hybridized carbons (Fsp3) is 0.778. The largest absolute Gasteiger partial charge is 0.374 e. The second-order valence-corrected chi connectivity index (χ2v) is 3.24. The van der Waals surface area contributed by atoms with Gasteiger partial charge in [-0.3, -0.25) is 0 Å². The lowest BCUT2D eigenvalue weighted by atomic mass is 9.80. The van der Waals surface area contributed by atoms with Gasteiger partial charge in [-0.05, 0) is 25.2 Å². The Labute approximate surface area is 62.1 Å². The molecule has 1 heterocycles. The van der Waals surface area contributed by atoms with Crippen molar-refractivity contribution in [2.45, 2.75) is 31.8 Å². The summed E-state index contributed by atoms with van der Waals surface area (Å²) in [5, 5.41) is 0. The van der Waals surface area contributed by atoms with Crippen molar-refractivity contribution in [1.82, 2.24) is 0 Å². The highest BCUT2D eigenvalue weighted by Crippen LogP contribution is 2.32. The molecule has 2 aliphatic rings. The van der Waals surface area contributed by atoms with Crippen LogP contribution in [0.1, 0.15) is 25.7 Å². The van der Waals surface area contributed by atoms with Gasteiger partial charge in [0.1, 0.15) is 0 Å². The molecule has 0 bridgehead atoms. The van der Waals surface area contributed by atoms with E-state index in [1.807, 2.05) is 0 Å². The molecule has 1 nitrogen and oxygen atoms in total. The SMILES string of the molecule is C1=CC(C2CCC2)OCC1. The molecule has 0 spiro atoms. The van der Waals surface area contributed by atoms with Crippen LogP contribution in [0.4, 0.5) is 0 Å². The quantitative estimate of drug-likeness (QED) is 0.504. The fourth-order valence-corrected chi connectivity index (χ4v) is 1.62. The van der Waals surface area contributed by atoms with Crippen molar-refractivity contribution in [3.05, 3.63) is 12.2 Å². The van der Waals surface area contributed by atoms with Crippen LogP contribution in [0.25, 0.3) is 0 Å². The summed E-state index contributed by atoms with van der Waals surface area (Å²) in [7, 11) is 0. The maximum atomic E-state index is 5.60. The smallest absolute Gasteiger partial charge is 0.0784 e. The van der Waals surface area contributed by atoms with Crippen molar-refractivity contribution in [2.75, 3.05) is 6.61 Å². The van der Waals surface area contributed by atoms with E-state index in [9.17, 15) is 0 Å². The molecule has 0 N–H and O–H groups in total. The minimum absolute atomic E-state index is 0.475. The van der Waals surface area contributed by atoms with Crippen molar-refractivity contribution in [2.24, 2.45) is 5.92 Å². The highest BCUT2D eigenvalue weighted by molar-refractivity contribution is 4.98. The first-order valence-corrected chi connectivity index (χ1v) is 4.25. The zero-order valence-electron chi connectivity index (χ0n) is 6.25. The maximum Gasteiger partial charge on any atom is 0.0784 e. The second-order valence-electron chi connectivity index (χ2n) is 3.24. The van der Waals surface area contributed by atoms with Crippen LogP contribution < -0.4 is 0 Å². The molecule has 1 fully saturated rings. The van der Waals surface area contributed by atoms with Crippen LogP contribution in [0.3, 0.4) is 0 Å². The monoisotopic (exact) mass is 138 g/mol. The Hall–Kier alpha value is -0.300. The van der Waals surface area contributed by atoms with E-state index in [0.29, 0.717) is 6.10 Å². The standard InChI is InChI=1S/C9H14O/c1-2-7-10-9(6-1)8-4-3-5-8/h1,6,8-9H,2-5,7H2. The van der Waals surface area contributed by atoms with E-state index < -0.39 is 0 Å². The summed E-state index contributed by atoms with van der Waals surface area (Å²) in [6.45, 7) is 0.942. The summed E-state index contributed by atoms with van der Waals surface area (Å²) >= 11 is 0. The zero-order valence-corrected chi connectivity index (χ0v) is 6.25. The molecule has 1 aliphatic carbocycles. The minimum Gasteiger partial charge on any atom is -0.374 e. The highest BCUT2D eigenvalue weighted by Gasteiger charge is 2.26. The van der Waals surface area contributed by atoms with E-state index in [4.69, 9.17) is 4.74 Å². The summed E-state index contributed by atoms with van der Waals surface area (Å²) in [4.78, 5) is 0. The lowest BCUT2D eigenvalue weighted by Crippen LogP contribution is -2.29. The van der Waals surface area contributed by atoms with E-state index in [1.165, 1.54) is 19.3 Å². The van der Waals surface area contributed by atoms with Crippen molar-refractivity contribution in [1.29, 1.82) is 0 Å². The molecular formula is C9H14O. The maximum absolute atomic E-state index is 5.60. The van der Waals surface area contributed by atoms with Gasteiger partial charge in [0.05, 0.1) is 12.7 Å². The van der Waals surface area contributed by atoms with Crippen LogP contribution in [0, 0.1) is 5.92 Å². The molecule has 0 saturated heterocycles. The third-order valence-corrected chi connectivity index (χ3v) is 2.54. The van der Waals surface area contributed by atoms with Crippen LogP contribution in [0.5, 0.6) is 0 Å². The van der Waals surface area contributed by atoms with Gasteiger partial charge in [0, 0.05) is 0 Å². The van der Waals surface area contributed by atoms with Crippen LogP contribution >= 0.6 is 0 Å². The van der Waals surface area contributed by atoms with Gasteiger partial charge in [0.25, 0.3) is 0 Å². The van der Waals surface area contributed by atoms with E-state index in [0.717, 1.165) is 18.9 Å². The molecule has 0 aromatic heterocycles. The predicted molar refractivity (Wildman–Crippen MR) is 40.8 cm³/mol. The molecule has 0 aromatic carbocycles. The van der Waals surface area contributed by atoms with E-state index in [-0.39, 0.29) is 0 Å². The normalized spacial score (nSPS) is 33.8. The van der Waals surface area contributed by atoms with E-state index in [1.54, 1.807) is 0 Å². The Bertz CT molecular complexity index is 136. The molecule has 1 heteroatoms. The van der Waals surface area contributed by atoms with Gasteiger partial charge in [-0.1, -0.05) is 18.6 Å². The summed E-state index contributed by atoms with van der Waals surface area (Å²) in [5.41, 5.74) is 0. The number of hydrogen-bond donors (Lipinski definition) is 0. The fourth-order valence-electron chi connectivity index (χ4n) is 1.62. The predicted octanol–water partition coefficient (Wildman–Crippen LogP) is 2.13. The Morgan fingerprint density at radius 2 is 2.20 bits per heavy atom. The van der Waals surface area contributed by atoms with Gasteiger partial charge in [-0.15, -0.1) is 0 Å². The molecule has 0 amide bonds. The zero-order chi connectivity index (χ0) is 6.81. The molecule has 1 atom stereocenters. The molecule has 56 valence electrons. The molecule has 0 radical (unpaired) electrons. The van der Waals surface area contributed by atoms with Crippen LogP contribution in [0.2, 0.25) is 0 Å². The third kappa shape index (κ3) is 1.10. The van der Waals surface area contributed by atoms with Crippen LogP contribution in [0.15, 0.2) is 12.2 Å². The molecular weight excluding hydrogens is 124 g/mol. The van der Waals surface area contributed by atoms with E-state index in [2.05, 4.69) is 12.2 Å². The van der Waals surface area contributed by atoms with Gasteiger partial charge in [-0.25, -0.2) is 0 Å². The Morgan fingerprint density at radius 1 is 1.30 bits per heavy atom. The summed E-state index contributed by atoms with van der Waals surface area (Å²) in [6.07, 6.45) is 10.3. The Balaban J connectivity index is 1.90. The molecule has 2 rings (SSSR count).